The number of nitrogens with zero attached hydrogens (tertiary/aromatic N) is 5. The summed E-state index contributed by atoms with van der Waals surface area (Å²) in [6, 6.07) is 8.62. The van der Waals surface area contributed by atoms with E-state index in [1.54, 1.807) is 0 Å². The Morgan fingerprint density at radius 2 is 2.20 bits per heavy atom. The van der Waals surface area contributed by atoms with Crippen LogP contribution in [0.4, 0.5) is 0 Å². The first kappa shape index (κ1) is 16.3. The molecule has 25 heavy (non-hydrogen) atoms. The molecule has 0 N–H and O–H groups in total. The maximum absolute atomic E-state index is 11.9. The van der Waals surface area contributed by atoms with Crippen molar-refractivity contribution in [2.45, 2.75) is 45.3 Å². The van der Waals surface area contributed by atoms with Crippen LogP contribution in [-0.4, -0.2) is 50.1 Å². The average Bonchev–Trinajstić information content (AvgIpc) is 3.21. The molecule has 0 aromatic carbocycles. The van der Waals surface area contributed by atoms with Crippen molar-refractivity contribution in [3.63, 3.8) is 0 Å². The van der Waals surface area contributed by atoms with Crippen LogP contribution in [0.25, 0.3) is 0 Å². The van der Waals surface area contributed by atoms with Crippen molar-refractivity contribution in [2.24, 2.45) is 0 Å². The van der Waals surface area contributed by atoms with E-state index in [0.717, 1.165) is 57.0 Å². The Bertz CT molecular complexity index is 756. The van der Waals surface area contributed by atoms with Crippen molar-refractivity contribution in [1.29, 1.82) is 0 Å². The van der Waals surface area contributed by atoms with Crippen LogP contribution in [0.2, 0.25) is 0 Å². The summed E-state index contributed by atoms with van der Waals surface area (Å²) in [4.78, 5) is 20.9. The Labute approximate surface area is 148 Å². The third-order valence-corrected chi connectivity index (χ3v) is 5.19. The normalized spacial score (nSPS) is 20.9. The van der Waals surface area contributed by atoms with Crippen molar-refractivity contribution >= 4 is 5.91 Å². The van der Waals surface area contributed by atoms with Gasteiger partial charge in [0.1, 0.15) is 0 Å². The molecule has 0 bridgehead atoms. The van der Waals surface area contributed by atoms with Crippen molar-refractivity contribution < 1.29 is 4.79 Å². The van der Waals surface area contributed by atoms with Crippen LogP contribution in [0.5, 0.6) is 0 Å². The maximum Gasteiger partial charge on any atom is 0.222 e. The lowest BCUT2D eigenvalue weighted by atomic mass is 10.1. The van der Waals surface area contributed by atoms with E-state index in [4.69, 9.17) is 0 Å². The molecule has 6 heteroatoms. The van der Waals surface area contributed by atoms with Crippen LogP contribution in [0.3, 0.4) is 0 Å². The third kappa shape index (κ3) is 3.58. The lowest BCUT2D eigenvalue weighted by Gasteiger charge is -2.34. The fourth-order valence-corrected chi connectivity index (χ4v) is 3.96. The number of hydrogen-bond donors (Lipinski definition) is 0. The highest BCUT2D eigenvalue weighted by atomic mass is 16.2. The summed E-state index contributed by atoms with van der Waals surface area (Å²) < 4.78 is 2.15. The van der Waals surface area contributed by atoms with Gasteiger partial charge in [0.15, 0.2) is 0 Å². The van der Waals surface area contributed by atoms with Gasteiger partial charge in [-0.25, -0.2) is 0 Å². The first-order valence-electron chi connectivity index (χ1n) is 9.14. The van der Waals surface area contributed by atoms with Gasteiger partial charge in [-0.15, -0.1) is 0 Å². The van der Waals surface area contributed by atoms with Crippen LogP contribution in [0.15, 0.2) is 30.5 Å². The Kier molecular flexibility index (Phi) is 4.53. The number of hydrogen-bond acceptors (Lipinski definition) is 4. The van der Waals surface area contributed by atoms with E-state index in [-0.39, 0.29) is 0 Å². The van der Waals surface area contributed by atoms with Crippen molar-refractivity contribution in [2.75, 3.05) is 19.6 Å². The molecule has 4 heterocycles. The van der Waals surface area contributed by atoms with E-state index in [9.17, 15) is 4.79 Å². The molecule has 0 spiro atoms. The lowest BCUT2D eigenvalue weighted by Crippen LogP contribution is -2.39. The van der Waals surface area contributed by atoms with E-state index >= 15 is 0 Å². The molecule has 2 aliphatic rings. The molecule has 1 saturated heterocycles. The van der Waals surface area contributed by atoms with Gasteiger partial charge < -0.3 is 4.90 Å². The van der Waals surface area contributed by atoms with Gasteiger partial charge in [-0.05, 0) is 38.0 Å². The highest BCUT2D eigenvalue weighted by Crippen LogP contribution is 2.25. The van der Waals surface area contributed by atoms with E-state index in [2.05, 4.69) is 37.9 Å². The quantitative estimate of drug-likeness (QED) is 0.838. The van der Waals surface area contributed by atoms with Gasteiger partial charge in [0.05, 0.1) is 17.4 Å². The minimum absolute atomic E-state index is 0.303. The minimum Gasteiger partial charge on any atom is -0.343 e. The number of fused-ring (bicyclic) bond motifs is 1. The van der Waals surface area contributed by atoms with Crippen LogP contribution >= 0.6 is 0 Å². The number of aryl methyl sites for hydroxylation is 1. The first-order chi connectivity index (χ1) is 12.2. The number of carbonyl (C=O) groups excluding carboxylic acids is 1. The predicted octanol–water partition coefficient (Wildman–Crippen LogP) is 2.16. The van der Waals surface area contributed by atoms with Crippen LogP contribution in [0, 0.1) is 6.92 Å². The summed E-state index contributed by atoms with van der Waals surface area (Å²) in [6.45, 7) is 6.48. The van der Waals surface area contributed by atoms with Gasteiger partial charge >= 0.3 is 0 Å². The molecular weight excluding hydrogens is 314 g/mol. The van der Waals surface area contributed by atoms with Gasteiger partial charge in [-0.1, -0.05) is 6.07 Å². The molecule has 2 aromatic rings. The molecule has 1 atom stereocenters. The molecular formula is C19H25N5O. The second-order valence-electron chi connectivity index (χ2n) is 7.13. The Hall–Kier alpha value is -2.21. The van der Waals surface area contributed by atoms with Crippen molar-refractivity contribution in [3.8, 4) is 0 Å². The monoisotopic (exact) mass is 339 g/mol. The second kappa shape index (κ2) is 6.96. The topological polar surface area (TPSA) is 54.3 Å². The molecule has 1 fully saturated rings. The van der Waals surface area contributed by atoms with Crippen molar-refractivity contribution in [1.82, 2.24) is 24.6 Å². The van der Waals surface area contributed by atoms with Gasteiger partial charge in [-0.3, -0.25) is 19.4 Å². The molecule has 2 aliphatic heterocycles. The SMILES string of the molecule is Cc1cccc(CN2Cc3ccnn3[C@@H](CCN3CCCC3=O)C2)n1. The number of aromatic nitrogens is 3. The highest BCUT2D eigenvalue weighted by Gasteiger charge is 2.27. The molecule has 2 aromatic heterocycles. The minimum atomic E-state index is 0.303. The first-order valence-corrected chi connectivity index (χ1v) is 9.14. The number of carbonyl (C=O) groups is 1. The summed E-state index contributed by atoms with van der Waals surface area (Å²) in [5.74, 6) is 0.303. The zero-order chi connectivity index (χ0) is 17.2. The molecule has 132 valence electrons. The van der Waals surface area contributed by atoms with E-state index in [0.29, 0.717) is 18.4 Å². The average molecular weight is 339 g/mol. The molecule has 0 saturated carbocycles. The van der Waals surface area contributed by atoms with Gasteiger partial charge in [0.25, 0.3) is 0 Å². The fraction of sp³-hybridized carbons (Fsp3) is 0.526. The van der Waals surface area contributed by atoms with Gasteiger partial charge in [0, 0.05) is 51.0 Å². The largest absolute Gasteiger partial charge is 0.343 e. The standard InChI is InChI=1S/C19H25N5O/c1-15-4-2-5-16(21-15)12-22-13-17-7-9-20-24(17)18(14-22)8-11-23-10-3-6-19(23)25/h2,4-5,7,9,18H,3,6,8,10-14H2,1H3/t18-/m0/s1. The van der Waals surface area contributed by atoms with Crippen LogP contribution in [-0.2, 0) is 17.9 Å². The Morgan fingerprint density at radius 1 is 1.28 bits per heavy atom. The Balaban J connectivity index is 1.44. The molecule has 4 rings (SSSR count). The molecule has 0 unspecified atom stereocenters. The zero-order valence-electron chi connectivity index (χ0n) is 14.8. The molecule has 0 aliphatic carbocycles. The number of amides is 1. The van der Waals surface area contributed by atoms with E-state index in [1.807, 2.05) is 24.1 Å². The van der Waals surface area contributed by atoms with E-state index < -0.39 is 0 Å². The highest BCUT2D eigenvalue weighted by molar-refractivity contribution is 5.77. The summed E-state index contributed by atoms with van der Waals surface area (Å²) >= 11 is 0. The third-order valence-electron chi connectivity index (χ3n) is 5.19. The summed E-state index contributed by atoms with van der Waals surface area (Å²) in [7, 11) is 0. The van der Waals surface area contributed by atoms with E-state index in [1.165, 1.54) is 5.69 Å². The summed E-state index contributed by atoms with van der Waals surface area (Å²) in [5.41, 5.74) is 3.42. The maximum atomic E-state index is 11.9. The lowest BCUT2D eigenvalue weighted by molar-refractivity contribution is -0.127. The van der Waals surface area contributed by atoms with Gasteiger partial charge in [-0.2, -0.15) is 5.10 Å². The van der Waals surface area contributed by atoms with Crippen molar-refractivity contribution in [3.05, 3.63) is 47.5 Å². The second-order valence-corrected chi connectivity index (χ2v) is 7.13. The number of likely N-dealkylation sites (tertiary alicyclic amines) is 1. The number of pyridine rings is 1. The summed E-state index contributed by atoms with van der Waals surface area (Å²) in [5, 5.41) is 4.53. The number of rotatable bonds is 5. The molecule has 1 amide bonds. The fourth-order valence-electron chi connectivity index (χ4n) is 3.96. The smallest absolute Gasteiger partial charge is 0.222 e. The summed E-state index contributed by atoms with van der Waals surface area (Å²) in [6.07, 6.45) is 4.56. The Morgan fingerprint density at radius 3 is 3.00 bits per heavy atom. The van der Waals surface area contributed by atoms with Gasteiger partial charge in [0.2, 0.25) is 5.91 Å². The molecule has 6 nitrogen and oxygen atoms in total. The predicted molar refractivity (Wildman–Crippen MR) is 94.8 cm³/mol. The zero-order valence-corrected chi connectivity index (χ0v) is 14.8. The molecule has 0 radical (unpaired) electrons. The van der Waals surface area contributed by atoms with Crippen LogP contribution in [0.1, 0.15) is 42.4 Å². The van der Waals surface area contributed by atoms with Crippen LogP contribution < -0.4 is 0 Å².